The number of benzene rings is 4. The molecule has 1 N–H and O–H groups in total. The first-order valence-corrected chi connectivity index (χ1v) is 12.2. The third-order valence-corrected chi connectivity index (χ3v) is 8.84. The zero-order valence-electron chi connectivity index (χ0n) is 17.6. The van der Waals surface area contributed by atoms with E-state index in [4.69, 9.17) is 0 Å². The third kappa shape index (κ3) is 3.65. The first-order valence-electron chi connectivity index (χ1n) is 10.5. The summed E-state index contributed by atoms with van der Waals surface area (Å²) in [5.74, 6) is -1.06. The van der Waals surface area contributed by atoms with Crippen LogP contribution in [0, 0.1) is 0 Å². The molecule has 1 aromatic heterocycles. The minimum absolute atomic E-state index is 0.461. The van der Waals surface area contributed by atoms with Crippen molar-refractivity contribution in [3.63, 3.8) is 0 Å². The molecule has 0 saturated carbocycles. The van der Waals surface area contributed by atoms with Crippen molar-refractivity contribution in [1.29, 1.82) is 0 Å². The smallest absolute Gasteiger partial charge is 0.328 e. The summed E-state index contributed by atoms with van der Waals surface area (Å²) in [5, 5.41) is 14.2. The van der Waals surface area contributed by atoms with Crippen molar-refractivity contribution < 1.29 is 14.5 Å². The lowest BCUT2D eigenvalue weighted by Crippen LogP contribution is -2.29. The van der Waals surface area contributed by atoms with Gasteiger partial charge in [-0.05, 0) is 45.3 Å². The van der Waals surface area contributed by atoms with Crippen LogP contribution in [0.4, 0.5) is 0 Å². The molecule has 0 fully saturated rings. The van der Waals surface area contributed by atoms with Crippen molar-refractivity contribution in [3.05, 3.63) is 115 Å². The van der Waals surface area contributed by atoms with Crippen LogP contribution in [-0.4, -0.2) is 16.1 Å². The number of fused-ring (bicyclic) bond motifs is 2. The van der Waals surface area contributed by atoms with Crippen LogP contribution in [0.2, 0.25) is 0 Å². The molecule has 1 heterocycles. The van der Waals surface area contributed by atoms with Crippen molar-refractivity contribution in [2.24, 2.45) is 0 Å². The van der Waals surface area contributed by atoms with Crippen LogP contribution in [0.3, 0.4) is 0 Å². The predicted octanol–water partition coefficient (Wildman–Crippen LogP) is 5.13. The van der Waals surface area contributed by atoms with Crippen LogP contribution in [-0.2, 0) is 9.36 Å². The number of aliphatic carboxylic acids is 1. The molecule has 0 spiro atoms. The molecule has 33 heavy (non-hydrogen) atoms. The molecule has 0 radical (unpaired) electrons. The van der Waals surface area contributed by atoms with Crippen LogP contribution < -0.4 is 16.0 Å². The Kier molecular flexibility index (Phi) is 5.37. The summed E-state index contributed by atoms with van der Waals surface area (Å²) in [5.41, 5.74) is 1.06. The molecular weight excluding hydrogens is 429 g/mol. The van der Waals surface area contributed by atoms with Gasteiger partial charge in [0.05, 0.1) is 0 Å². The molecule has 5 heteroatoms. The average Bonchev–Trinajstić information content (AvgIpc) is 2.86. The van der Waals surface area contributed by atoms with Gasteiger partial charge in [0.15, 0.2) is 7.14 Å². The average molecular weight is 449 g/mol. The summed E-state index contributed by atoms with van der Waals surface area (Å²) < 4.78 is 15.5. The monoisotopic (exact) mass is 449 g/mol. The highest BCUT2D eigenvalue weighted by Crippen LogP contribution is 2.46. The maximum atomic E-state index is 15.5. The molecule has 0 saturated heterocycles. The Balaban J connectivity index is 1.97. The van der Waals surface area contributed by atoms with Crippen molar-refractivity contribution in [2.75, 3.05) is 0 Å². The van der Waals surface area contributed by atoms with Gasteiger partial charge in [-0.3, -0.25) is 4.98 Å². The fourth-order valence-electron chi connectivity index (χ4n) is 4.30. The minimum Gasteiger partial charge on any atom is -0.478 e. The van der Waals surface area contributed by atoms with Crippen LogP contribution in [0.1, 0.15) is 5.56 Å². The van der Waals surface area contributed by atoms with E-state index < -0.39 is 13.1 Å². The Bertz CT molecular complexity index is 1570. The number of carboxylic acid groups (broad SMARTS) is 1. The van der Waals surface area contributed by atoms with Crippen molar-refractivity contribution >= 4 is 56.8 Å². The maximum Gasteiger partial charge on any atom is 0.328 e. The fourth-order valence-corrected chi connectivity index (χ4v) is 7.44. The molecule has 5 rings (SSSR count). The van der Waals surface area contributed by atoms with Gasteiger partial charge in [-0.2, -0.15) is 0 Å². The van der Waals surface area contributed by atoms with E-state index in [0.29, 0.717) is 21.6 Å². The van der Waals surface area contributed by atoms with Crippen LogP contribution in [0.15, 0.2) is 109 Å². The molecule has 4 aromatic carbocycles. The molecule has 0 aliphatic carbocycles. The number of carboxylic acids is 1. The topological polar surface area (TPSA) is 67.3 Å². The quantitative estimate of drug-likeness (QED) is 0.299. The van der Waals surface area contributed by atoms with Crippen molar-refractivity contribution in [2.45, 2.75) is 0 Å². The normalized spacial score (nSPS) is 13.3. The lowest BCUT2D eigenvalue weighted by Gasteiger charge is -2.24. The van der Waals surface area contributed by atoms with Gasteiger partial charge in [-0.15, -0.1) is 0 Å². The molecular formula is C28H20NO3P. The molecule has 0 bridgehead atoms. The van der Waals surface area contributed by atoms with Gasteiger partial charge in [0.25, 0.3) is 0 Å². The molecule has 0 amide bonds. The number of carbonyl (C=O) groups is 1. The Morgan fingerprint density at radius 1 is 0.758 bits per heavy atom. The van der Waals surface area contributed by atoms with Gasteiger partial charge in [-0.1, -0.05) is 84.9 Å². The molecule has 0 aliphatic heterocycles. The lowest BCUT2D eigenvalue weighted by atomic mass is 10.1. The summed E-state index contributed by atoms with van der Waals surface area (Å²) in [7, 11) is -3.52. The van der Waals surface area contributed by atoms with E-state index in [9.17, 15) is 9.90 Å². The van der Waals surface area contributed by atoms with E-state index in [1.807, 2.05) is 84.9 Å². The molecule has 4 nitrogen and oxygen atoms in total. The highest BCUT2D eigenvalue weighted by molar-refractivity contribution is 7.86. The van der Waals surface area contributed by atoms with Crippen LogP contribution in [0.25, 0.3) is 27.6 Å². The predicted molar refractivity (Wildman–Crippen MR) is 135 cm³/mol. The number of rotatable bonds is 5. The molecule has 160 valence electrons. The van der Waals surface area contributed by atoms with Crippen molar-refractivity contribution in [1.82, 2.24) is 4.98 Å². The Morgan fingerprint density at radius 3 is 2.15 bits per heavy atom. The third-order valence-electron chi connectivity index (χ3n) is 5.73. The Hall–Kier alpha value is -4.01. The second-order valence-electron chi connectivity index (χ2n) is 7.69. The minimum atomic E-state index is -3.52. The second kappa shape index (κ2) is 8.50. The number of aromatic nitrogens is 1. The van der Waals surface area contributed by atoms with Gasteiger partial charge in [0, 0.05) is 22.9 Å². The lowest BCUT2D eigenvalue weighted by molar-refractivity contribution is -0.131. The summed E-state index contributed by atoms with van der Waals surface area (Å²) >= 11 is 0. The van der Waals surface area contributed by atoms with E-state index in [0.717, 1.165) is 27.6 Å². The molecule has 5 aromatic rings. The van der Waals surface area contributed by atoms with Gasteiger partial charge in [-0.25, -0.2) is 4.79 Å². The first-order chi connectivity index (χ1) is 16.1. The number of hydrogen-bond donors (Lipinski definition) is 1. The second-order valence-corrected chi connectivity index (χ2v) is 10.3. The molecule has 1 unspecified atom stereocenters. The van der Waals surface area contributed by atoms with Gasteiger partial charge < -0.3 is 9.67 Å². The Morgan fingerprint density at radius 2 is 1.42 bits per heavy atom. The first kappa shape index (κ1) is 20.9. The molecule has 1 atom stereocenters. The summed E-state index contributed by atoms with van der Waals surface area (Å²) in [6.07, 6.45) is 4.25. The highest BCUT2D eigenvalue weighted by atomic mass is 31.2. The zero-order valence-corrected chi connectivity index (χ0v) is 18.5. The summed E-state index contributed by atoms with van der Waals surface area (Å²) in [4.78, 5) is 15.9. The number of nitrogens with zero attached hydrogens (tertiary/aromatic N) is 1. The largest absolute Gasteiger partial charge is 0.478 e. The van der Waals surface area contributed by atoms with Gasteiger partial charge in [0.1, 0.15) is 5.44 Å². The van der Waals surface area contributed by atoms with Crippen LogP contribution in [0.5, 0.6) is 0 Å². The highest BCUT2D eigenvalue weighted by Gasteiger charge is 2.35. The van der Waals surface area contributed by atoms with E-state index in [1.54, 1.807) is 18.3 Å². The van der Waals surface area contributed by atoms with Gasteiger partial charge in [0.2, 0.25) is 0 Å². The Labute approximate surface area is 191 Å². The van der Waals surface area contributed by atoms with E-state index in [2.05, 4.69) is 4.98 Å². The maximum absolute atomic E-state index is 15.5. The summed E-state index contributed by atoms with van der Waals surface area (Å²) in [6, 6.07) is 30.6. The number of hydrogen-bond acceptors (Lipinski definition) is 3. The fraction of sp³-hybridized carbons (Fsp3) is 0. The van der Waals surface area contributed by atoms with E-state index >= 15 is 4.57 Å². The zero-order chi connectivity index (χ0) is 22.8. The SMILES string of the molecule is O=C(O)/C=C/c1ccc2ccccc2c1P(=O)(c1ccccn1)c1cccc2ccccc12. The van der Waals surface area contributed by atoms with E-state index in [-0.39, 0.29) is 0 Å². The van der Waals surface area contributed by atoms with Crippen LogP contribution >= 0.6 is 7.14 Å². The summed E-state index contributed by atoms with van der Waals surface area (Å²) in [6.45, 7) is 0. The standard InChI is InChI=1S/C28H20NO3P/c30-27(31)18-17-22-16-15-21-9-2-4-12-24(21)28(22)33(32,26-14-5-6-19-29-26)25-13-7-10-20-8-1-3-11-23(20)25/h1-19H,(H,30,31)/b18-17+. The molecule has 0 aliphatic rings. The van der Waals surface area contributed by atoms with E-state index in [1.165, 1.54) is 6.08 Å². The van der Waals surface area contributed by atoms with Crippen molar-refractivity contribution in [3.8, 4) is 0 Å². The van der Waals surface area contributed by atoms with Gasteiger partial charge >= 0.3 is 5.97 Å². The number of pyridine rings is 1.